The lowest BCUT2D eigenvalue weighted by atomic mass is 9.99. The third-order valence-corrected chi connectivity index (χ3v) is 4.13. The number of rotatable bonds is 3. The first-order chi connectivity index (χ1) is 10.1. The molecule has 0 saturated carbocycles. The molecule has 4 heteroatoms. The molecule has 112 valence electrons. The Labute approximate surface area is 126 Å². The standard InChI is InChI=1S/C17H24N4/c1-13-4-5-15(12-21-7-6-18-14(2)10-21)17(8-13)16-9-19-20(3)11-16/h4-5,8-9,11,14,18H,6-7,10,12H2,1-3H3. The van der Waals surface area contributed by atoms with Gasteiger partial charge in [-0.1, -0.05) is 23.8 Å². The largest absolute Gasteiger partial charge is 0.312 e. The van der Waals surface area contributed by atoms with Gasteiger partial charge >= 0.3 is 0 Å². The van der Waals surface area contributed by atoms with E-state index in [2.05, 4.69) is 53.6 Å². The number of hydrogen-bond acceptors (Lipinski definition) is 3. The van der Waals surface area contributed by atoms with Gasteiger partial charge in [0.05, 0.1) is 6.20 Å². The van der Waals surface area contributed by atoms with E-state index in [4.69, 9.17) is 0 Å². The Kier molecular flexibility index (Phi) is 4.08. The van der Waals surface area contributed by atoms with Gasteiger partial charge in [0.1, 0.15) is 0 Å². The normalized spacial score (nSPS) is 19.9. The number of benzene rings is 1. The zero-order valence-corrected chi connectivity index (χ0v) is 13.1. The van der Waals surface area contributed by atoms with Crippen LogP contribution in [0.1, 0.15) is 18.1 Å². The molecule has 0 bridgehead atoms. The topological polar surface area (TPSA) is 33.1 Å². The Balaban J connectivity index is 1.87. The third-order valence-electron chi connectivity index (χ3n) is 4.13. The summed E-state index contributed by atoms with van der Waals surface area (Å²) in [6.07, 6.45) is 4.05. The fourth-order valence-corrected chi connectivity index (χ4v) is 3.05. The number of aryl methyl sites for hydroxylation is 2. The molecule has 2 heterocycles. The molecule has 21 heavy (non-hydrogen) atoms. The fraction of sp³-hybridized carbons (Fsp3) is 0.471. The summed E-state index contributed by atoms with van der Waals surface area (Å²) in [5, 5.41) is 7.82. The molecular formula is C17H24N4. The first-order valence-electron chi connectivity index (χ1n) is 7.66. The minimum atomic E-state index is 0.575. The lowest BCUT2D eigenvalue weighted by molar-refractivity contribution is 0.200. The molecule has 1 aliphatic heterocycles. The summed E-state index contributed by atoms with van der Waals surface area (Å²) < 4.78 is 1.87. The lowest BCUT2D eigenvalue weighted by Gasteiger charge is -2.32. The predicted octanol–water partition coefficient (Wildman–Crippen LogP) is 2.19. The van der Waals surface area contributed by atoms with Gasteiger partial charge in [-0.2, -0.15) is 5.10 Å². The molecular weight excluding hydrogens is 260 g/mol. The number of nitrogens with zero attached hydrogens (tertiary/aromatic N) is 3. The first kappa shape index (κ1) is 14.3. The molecule has 1 aliphatic rings. The van der Waals surface area contributed by atoms with Crippen LogP contribution in [0.15, 0.2) is 30.6 Å². The van der Waals surface area contributed by atoms with Crippen LogP contribution in [0.25, 0.3) is 11.1 Å². The summed E-state index contributed by atoms with van der Waals surface area (Å²) in [6, 6.07) is 7.33. The zero-order valence-electron chi connectivity index (χ0n) is 13.1. The maximum atomic E-state index is 4.32. The highest BCUT2D eigenvalue weighted by Crippen LogP contribution is 2.26. The Bertz CT molecular complexity index is 617. The van der Waals surface area contributed by atoms with Crippen molar-refractivity contribution in [3.63, 3.8) is 0 Å². The smallest absolute Gasteiger partial charge is 0.0568 e. The van der Waals surface area contributed by atoms with Gasteiger partial charge in [0.15, 0.2) is 0 Å². The molecule has 1 saturated heterocycles. The van der Waals surface area contributed by atoms with E-state index in [9.17, 15) is 0 Å². The van der Waals surface area contributed by atoms with Gasteiger partial charge in [-0.3, -0.25) is 9.58 Å². The highest BCUT2D eigenvalue weighted by molar-refractivity contribution is 5.66. The van der Waals surface area contributed by atoms with E-state index in [1.54, 1.807) is 0 Å². The molecule has 1 aromatic heterocycles. The maximum absolute atomic E-state index is 4.32. The maximum Gasteiger partial charge on any atom is 0.0568 e. The van der Waals surface area contributed by atoms with Crippen LogP contribution >= 0.6 is 0 Å². The van der Waals surface area contributed by atoms with E-state index in [1.165, 1.54) is 22.3 Å². The zero-order chi connectivity index (χ0) is 14.8. The van der Waals surface area contributed by atoms with Crippen LogP contribution in [0.2, 0.25) is 0 Å². The van der Waals surface area contributed by atoms with Crippen molar-refractivity contribution in [3.8, 4) is 11.1 Å². The number of aromatic nitrogens is 2. The molecule has 1 atom stereocenters. The summed E-state index contributed by atoms with van der Waals surface area (Å²) in [6.45, 7) is 8.72. The summed E-state index contributed by atoms with van der Waals surface area (Å²) in [7, 11) is 1.97. The second-order valence-electron chi connectivity index (χ2n) is 6.15. The molecule has 3 rings (SSSR count). The van der Waals surface area contributed by atoms with Gasteiger partial charge in [0, 0.05) is 51.0 Å². The monoisotopic (exact) mass is 284 g/mol. The molecule has 1 N–H and O–H groups in total. The predicted molar refractivity (Wildman–Crippen MR) is 86.1 cm³/mol. The summed E-state index contributed by atoms with van der Waals surface area (Å²) in [4.78, 5) is 2.53. The van der Waals surface area contributed by atoms with Crippen molar-refractivity contribution >= 4 is 0 Å². The fourth-order valence-electron chi connectivity index (χ4n) is 3.05. The highest BCUT2D eigenvalue weighted by atomic mass is 15.2. The van der Waals surface area contributed by atoms with Gasteiger partial charge < -0.3 is 5.32 Å². The molecule has 0 spiro atoms. The Morgan fingerprint density at radius 2 is 2.24 bits per heavy atom. The van der Waals surface area contributed by atoms with Crippen molar-refractivity contribution in [1.29, 1.82) is 0 Å². The minimum Gasteiger partial charge on any atom is -0.312 e. The van der Waals surface area contributed by atoms with Crippen LogP contribution in [0, 0.1) is 6.92 Å². The molecule has 1 aromatic carbocycles. The van der Waals surface area contributed by atoms with Crippen LogP contribution in [-0.4, -0.2) is 40.4 Å². The van der Waals surface area contributed by atoms with Gasteiger partial charge in [0.25, 0.3) is 0 Å². The average molecular weight is 284 g/mol. The minimum absolute atomic E-state index is 0.575. The van der Waals surface area contributed by atoms with E-state index < -0.39 is 0 Å². The molecule has 0 amide bonds. The van der Waals surface area contributed by atoms with E-state index >= 15 is 0 Å². The van der Waals surface area contributed by atoms with Crippen LogP contribution in [0.3, 0.4) is 0 Å². The van der Waals surface area contributed by atoms with E-state index in [0.717, 1.165) is 26.2 Å². The quantitative estimate of drug-likeness (QED) is 0.938. The molecule has 4 nitrogen and oxygen atoms in total. The van der Waals surface area contributed by atoms with Crippen molar-refractivity contribution in [2.45, 2.75) is 26.4 Å². The SMILES string of the molecule is Cc1ccc(CN2CCNC(C)C2)c(-c2cnn(C)c2)c1. The Morgan fingerprint density at radius 3 is 2.95 bits per heavy atom. The second-order valence-corrected chi connectivity index (χ2v) is 6.15. The molecule has 1 unspecified atom stereocenters. The number of hydrogen-bond donors (Lipinski definition) is 1. The van der Waals surface area contributed by atoms with Gasteiger partial charge in [-0.05, 0) is 25.0 Å². The van der Waals surface area contributed by atoms with Crippen molar-refractivity contribution in [2.24, 2.45) is 7.05 Å². The summed E-state index contributed by atoms with van der Waals surface area (Å²) >= 11 is 0. The number of piperazine rings is 1. The number of nitrogens with one attached hydrogen (secondary N) is 1. The molecule has 1 fully saturated rings. The Hall–Kier alpha value is -1.65. The van der Waals surface area contributed by atoms with Crippen LogP contribution in [0.4, 0.5) is 0 Å². The van der Waals surface area contributed by atoms with Gasteiger partial charge in [-0.15, -0.1) is 0 Å². The highest BCUT2D eigenvalue weighted by Gasteiger charge is 2.17. The molecule has 0 aliphatic carbocycles. The second kappa shape index (κ2) is 6.00. The van der Waals surface area contributed by atoms with Crippen molar-refractivity contribution in [3.05, 3.63) is 41.7 Å². The first-order valence-corrected chi connectivity index (χ1v) is 7.66. The van der Waals surface area contributed by atoms with Gasteiger partial charge in [0.2, 0.25) is 0 Å². The van der Waals surface area contributed by atoms with Gasteiger partial charge in [-0.25, -0.2) is 0 Å². The lowest BCUT2D eigenvalue weighted by Crippen LogP contribution is -2.48. The summed E-state index contributed by atoms with van der Waals surface area (Å²) in [5.41, 5.74) is 5.21. The average Bonchev–Trinajstić information content (AvgIpc) is 2.87. The van der Waals surface area contributed by atoms with E-state index in [-0.39, 0.29) is 0 Å². The van der Waals surface area contributed by atoms with Crippen molar-refractivity contribution < 1.29 is 0 Å². The third kappa shape index (κ3) is 3.34. The van der Waals surface area contributed by atoms with Crippen molar-refractivity contribution in [2.75, 3.05) is 19.6 Å². The van der Waals surface area contributed by atoms with E-state index in [1.807, 2.05) is 17.9 Å². The summed E-state index contributed by atoms with van der Waals surface area (Å²) in [5.74, 6) is 0. The van der Waals surface area contributed by atoms with E-state index in [0.29, 0.717) is 6.04 Å². The molecule has 0 radical (unpaired) electrons. The van der Waals surface area contributed by atoms with Crippen LogP contribution in [-0.2, 0) is 13.6 Å². The Morgan fingerprint density at radius 1 is 1.38 bits per heavy atom. The molecule has 2 aromatic rings. The van der Waals surface area contributed by atoms with Crippen molar-refractivity contribution in [1.82, 2.24) is 20.0 Å². The van der Waals surface area contributed by atoms with Crippen LogP contribution in [0.5, 0.6) is 0 Å². The van der Waals surface area contributed by atoms with Crippen LogP contribution < -0.4 is 5.32 Å².